The van der Waals surface area contributed by atoms with E-state index in [1.165, 1.54) is 0 Å². The Morgan fingerprint density at radius 2 is 1.21 bits per heavy atom. The van der Waals surface area contributed by atoms with E-state index in [2.05, 4.69) is 29.7 Å². The van der Waals surface area contributed by atoms with Crippen LogP contribution in [-0.4, -0.2) is 16.8 Å². The number of benzene rings is 2. The SMILES string of the molecule is CC(C)c1ccc(C(=O)NNC(=O)c2ccc(Oc3ccncc3)cc2)cc1. The van der Waals surface area contributed by atoms with Gasteiger partial charge >= 0.3 is 0 Å². The quantitative estimate of drug-likeness (QED) is 0.659. The van der Waals surface area contributed by atoms with Crippen LogP contribution >= 0.6 is 0 Å². The molecule has 2 N–H and O–H groups in total. The molecule has 28 heavy (non-hydrogen) atoms. The van der Waals surface area contributed by atoms with Crippen molar-refractivity contribution in [3.63, 3.8) is 0 Å². The molecule has 0 fully saturated rings. The van der Waals surface area contributed by atoms with E-state index in [1.54, 1.807) is 60.9 Å². The summed E-state index contributed by atoms with van der Waals surface area (Å²) in [5.74, 6) is 0.853. The van der Waals surface area contributed by atoms with Crippen LogP contribution in [0.2, 0.25) is 0 Å². The van der Waals surface area contributed by atoms with Crippen molar-refractivity contribution in [3.8, 4) is 11.5 Å². The number of hydrazine groups is 1. The van der Waals surface area contributed by atoms with Gasteiger partial charge in [-0.25, -0.2) is 0 Å². The molecule has 0 aliphatic heterocycles. The van der Waals surface area contributed by atoms with Gasteiger partial charge in [-0.2, -0.15) is 0 Å². The van der Waals surface area contributed by atoms with Crippen molar-refractivity contribution in [3.05, 3.63) is 89.7 Å². The van der Waals surface area contributed by atoms with E-state index in [9.17, 15) is 9.59 Å². The predicted octanol–water partition coefficient (Wildman–Crippen LogP) is 4.07. The first-order valence-electron chi connectivity index (χ1n) is 8.91. The lowest BCUT2D eigenvalue weighted by atomic mass is 10.0. The maximum atomic E-state index is 12.2. The molecule has 0 aliphatic carbocycles. The molecule has 2 aromatic carbocycles. The predicted molar refractivity (Wildman–Crippen MR) is 106 cm³/mol. The van der Waals surface area contributed by atoms with E-state index >= 15 is 0 Å². The fraction of sp³-hybridized carbons (Fsp3) is 0.136. The van der Waals surface area contributed by atoms with E-state index in [4.69, 9.17) is 4.74 Å². The number of pyridine rings is 1. The summed E-state index contributed by atoms with van der Waals surface area (Å²) in [6, 6.07) is 17.4. The molecule has 2 amide bonds. The minimum Gasteiger partial charge on any atom is -0.457 e. The van der Waals surface area contributed by atoms with Gasteiger partial charge in [0.2, 0.25) is 0 Å². The number of hydrogen-bond acceptors (Lipinski definition) is 4. The minimum atomic E-state index is -0.414. The molecule has 0 saturated heterocycles. The van der Waals surface area contributed by atoms with Gasteiger partial charge in [-0.05, 0) is 60.0 Å². The molecule has 0 bridgehead atoms. The monoisotopic (exact) mass is 375 g/mol. The second kappa shape index (κ2) is 8.81. The molecule has 0 aliphatic rings. The van der Waals surface area contributed by atoms with Gasteiger partial charge in [0.15, 0.2) is 0 Å². The third kappa shape index (κ3) is 4.94. The first-order valence-corrected chi connectivity index (χ1v) is 8.91. The Morgan fingerprint density at radius 1 is 0.750 bits per heavy atom. The van der Waals surface area contributed by atoms with Crippen LogP contribution in [0.1, 0.15) is 46.0 Å². The molecular weight excluding hydrogens is 354 g/mol. The maximum absolute atomic E-state index is 12.2. The summed E-state index contributed by atoms with van der Waals surface area (Å²) in [6.07, 6.45) is 3.27. The van der Waals surface area contributed by atoms with Crippen molar-refractivity contribution in [2.45, 2.75) is 19.8 Å². The summed E-state index contributed by atoms with van der Waals surface area (Å²) in [5, 5.41) is 0. The molecule has 0 radical (unpaired) electrons. The summed E-state index contributed by atoms with van der Waals surface area (Å²) in [7, 11) is 0. The summed E-state index contributed by atoms with van der Waals surface area (Å²) in [5.41, 5.74) is 6.87. The number of nitrogens with zero attached hydrogens (tertiary/aromatic N) is 1. The number of carbonyl (C=O) groups is 2. The highest BCUT2D eigenvalue weighted by Gasteiger charge is 2.10. The maximum Gasteiger partial charge on any atom is 0.269 e. The highest BCUT2D eigenvalue weighted by molar-refractivity contribution is 5.99. The first-order chi connectivity index (χ1) is 13.5. The molecule has 3 rings (SSSR count). The second-order valence-corrected chi connectivity index (χ2v) is 6.49. The van der Waals surface area contributed by atoms with E-state index in [-0.39, 0.29) is 5.91 Å². The fourth-order valence-electron chi connectivity index (χ4n) is 2.49. The second-order valence-electron chi connectivity index (χ2n) is 6.49. The lowest BCUT2D eigenvalue weighted by Gasteiger charge is -2.10. The lowest BCUT2D eigenvalue weighted by Crippen LogP contribution is -2.41. The summed E-state index contributed by atoms with van der Waals surface area (Å²) < 4.78 is 5.65. The zero-order valence-corrected chi connectivity index (χ0v) is 15.7. The van der Waals surface area contributed by atoms with Crippen LogP contribution in [0.15, 0.2) is 73.1 Å². The Balaban J connectivity index is 1.55. The third-order valence-electron chi connectivity index (χ3n) is 4.13. The van der Waals surface area contributed by atoms with Crippen molar-refractivity contribution in [2.75, 3.05) is 0 Å². The fourth-order valence-corrected chi connectivity index (χ4v) is 2.49. The molecular formula is C22H21N3O3. The molecule has 142 valence electrons. The summed E-state index contributed by atoms with van der Waals surface area (Å²) >= 11 is 0. The van der Waals surface area contributed by atoms with Crippen LogP contribution in [0.5, 0.6) is 11.5 Å². The molecule has 1 heterocycles. The number of aromatic nitrogens is 1. The molecule has 6 nitrogen and oxygen atoms in total. The Kier molecular flexibility index (Phi) is 6.01. The highest BCUT2D eigenvalue weighted by atomic mass is 16.5. The molecule has 0 unspecified atom stereocenters. The van der Waals surface area contributed by atoms with Crippen molar-refractivity contribution in [2.24, 2.45) is 0 Å². The molecule has 1 aromatic heterocycles. The standard InChI is InChI=1S/C22H21N3O3/c1-15(2)16-3-5-17(6-4-16)21(26)24-25-22(27)18-7-9-19(10-8-18)28-20-11-13-23-14-12-20/h3-15H,1-2H3,(H,24,26)(H,25,27). The lowest BCUT2D eigenvalue weighted by molar-refractivity contribution is 0.0846. The molecule has 0 spiro atoms. The van der Waals surface area contributed by atoms with Gasteiger partial charge in [-0.3, -0.25) is 25.4 Å². The first kappa shape index (κ1) is 19.1. The Morgan fingerprint density at radius 3 is 1.71 bits per heavy atom. The van der Waals surface area contributed by atoms with Gasteiger partial charge in [0.25, 0.3) is 11.8 Å². The molecule has 0 saturated carbocycles. The van der Waals surface area contributed by atoms with Gasteiger partial charge in [0.1, 0.15) is 11.5 Å². The number of hydrogen-bond donors (Lipinski definition) is 2. The van der Waals surface area contributed by atoms with Crippen LogP contribution in [0.4, 0.5) is 0 Å². The van der Waals surface area contributed by atoms with Crippen LogP contribution in [0.3, 0.4) is 0 Å². The molecule has 3 aromatic rings. The van der Waals surface area contributed by atoms with Gasteiger partial charge in [-0.1, -0.05) is 26.0 Å². The Labute approximate surface area is 163 Å². The number of ether oxygens (including phenoxy) is 1. The molecule has 6 heteroatoms. The third-order valence-corrected chi connectivity index (χ3v) is 4.13. The molecule has 0 atom stereocenters. The number of rotatable bonds is 5. The van der Waals surface area contributed by atoms with Crippen LogP contribution in [0.25, 0.3) is 0 Å². The van der Waals surface area contributed by atoms with E-state index in [0.717, 1.165) is 5.56 Å². The summed E-state index contributed by atoms with van der Waals surface area (Å²) in [6.45, 7) is 4.17. The van der Waals surface area contributed by atoms with Crippen molar-refractivity contribution in [1.29, 1.82) is 0 Å². The number of carbonyl (C=O) groups excluding carboxylic acids is 2. The number of amides is 2. The average Bonchev–Trinajstić information content (AvgIpc) is 2.73. The average molecular weight is 375 g/mol. The van der Waals surface area contributed by atoms with Crippen LogP contribution in [-0.2, 0) is 0 Å². The van der Waals surface area contributed by atoms with E-state index in [1.807, 2.05) is 12.1 Å². The number of nitrogens with one attached hydrogen (secondary N) is 2. The van der Waals surface area contributed by atoms with Gasteiger partial charge in [-0.15, -0.1) is 0 Å². The van der Waals surface area contributed by atoms with E-state index < -0.39 is 5.91 Å². The van der Waals surface area contributed by atoms with Gasteiger partial charge in [0, 0.05) is 23.5 Å². The topological polar surface area (TPSA) is 80.3 Å². The largest absolute Gasteiger partial charge is 0.457 e. The van der Waals surface area contributed by atoms with Gasteiger partial charge in [0.05, 0.1) is 0 Å². The van der Waals surface area contributed by atoms with Crippen LogP contribution in [0, 0.1) is 0 Å². The van der Waals surface area contributed by atoms with Crippen LogP contribution < -0.4 is 15.6 Å². The minimum absolute atomic E-state index is 0.374. The summed E-state index contributed by atoms with van der Waals surface area (Å²) in [4.78, 5) is 28.3. The van der Waals surface area contributed by atoms with Gasteiger partial charge < -0.3 is 4.74 Å². The normalized spacial score (nSPS) is 10.4. The zero-order chi connectivity index (χ0) is 19.9. The zero-order valence-electron chi connectivity index (χ0n) is 15.7. The van der Waals surface area contributed by atoms with Crippen molar-refractivity contribution >= 4 is 11.8 Å². The van der Waals surface area contributed by atoms with E-state index in [0.29, 0.717) is 28.5 Å². The van der Waals surface area contributed by atoms with Crippen molar-refractivity contribution in [1.82, 2.24) is 15.8 Å². The van der Waals surface area contributed by atoms with Crippen molar-refractivity contribution < 1.29 is 14.3 Å². The Hall–Kier alpha value is -3.67. The Bertz CT molecular complexity index is 937. The smallest absolute Gasteiger partial charge is 0.269 e. The highest BCUT2D eigenvalue weighted by Crippen LogP contribution is 2.20.